The van der Waals surface area contributed by atoms with Gasteiger partial charge in [0.2, 0.25) is 0 Å². The molecule has 0 aliphatic rings. The first-order valence-electron chi connectivity index (χ1n) is 9.10. The summed E-state index contributed by atoms with van der Waals surface area (Å²) < 4.78 is 29.8. The van der Waals surface area contributed by atoms with Gasteiger partial charge < -0.3 is 20.4 Å². The summed E-state index contributed by atoms with van der Waals surface area (Å²) >= 11 is 0. The third-order valence-electron chi connectivity index (χ3n) is 4.46. The summed E-state index contributed by atoms with van der Waals surface area (Å²) in [4.78, 5) is 7.46. The molecule has 1 aromatic heterocycles. The van der Waals surface area contributed by atoms with Crippen molar-refractivity contribution in [1.29, 1.82) is 0 Å². The van der Waals surface area contributed by atoms with E-state index >= 15 is 0 Å². The second kappa shape index (κ2) is 9.21. The molecule has 1 heterocycles. The van der Waals surface area contributed by atoms with Crippen molar-refractivity contribution < 1.29 is 13.5 Å². The number of hydrogen-bond acceptors (Lipinski definition) is 2. The van der Waals surface area contributed by atoms with Crippen LogP contribution in [0.5, 0.6) is 5.75 Å². The fraction of sp³-hybridized carbons (Fsp3) is 0.286. The molecular formula is C21H24F2N4O. The summed E-state index contributed by atoms with van der Waals surface area (Å²) in [6.07, 6.45) is 2.85. The quantitative estimate of drug-likeness (QED) is 0.425. The predicted octanol–water partition coefficient (Wildman–Crippen LogP) is 3.99. The maximum absolute atomic E-state index is 12.6. The van der Waals surface area contributed by atoms with Crippen molar-refractivity contribution in [3.63, 3.8) is 0 Å². The molecule has 0 radical (unpaired) electrons. The molecule has 0 atom stereocenters. The zero-order chi connectivity index (χ0) is 19.9. The van der Waals surface area contributed by atoms with Gasteiger partial charge in [0.15, 0.2) is 5.96 Å². The smallest absolute Gasteiger partial charge is 0.387 e. The van der Waals surface area contributed by atoms with Crippen LogP contribution >= 0.6 is 0 Å². The normalized spacial score (nSPS) is 11.8. The fourth-order valence-electron chi connectivity index (χ4n) is 3.11. The van der Waals surface area contributed by atoms with Gasteiger partial charge in [0, 0.05) is 42.8 Å². The number of fused-ring (bicyclic) bond motifs is 1. The Hall–Kier alpha value is -3.09. The molecule has 0 saturated carbocycles. The van der Waals surface area contributed by atoms with Gasteiger partial charge in [-0.05, 0) is 31.0 Å². The number of guanidine groups is 1. The van der Waals surface area contributed by atoms with Crippen LogP contribution in [0.1, 0.15) is 16.7 Å². The van der Waals surface area contributed by atoms with Gasteiger partial charge in [-0.15, -0.1) is 0 Å². The van der Waals surface area contributed by atoms with Crippen LogP contribution < -0.4 is 15.4 Å². The number of alkyl halides is 2. The largest absolute Gasteiger partial charge is 0.434 e. The Morgan fingerprint density at radius 3 is 2.75 bits per heavy atom. The Balaban J connectivity index is 1.56. The Bertz CT molecular complexity index is 952. The number of halogens is 2. The first kappa shape index (κ1) is 19.7. The summed E-state index contributed by atoms with van der Waals surface area (Å²) in [7, 11) is 1.67. The lowest BCUT2D eigenvalue weighted by atomic mass is 10.1. The number of benzene rings is 2. The second-order valence-corrected chi connectivity index (χ2v) is 6.45. The highest BCUT2D eigenvalue weighted by atomic mass is 19.3. The SMILES string of the molecule is CN=C(NCCc1c[nH]c2ccccc12)NCc1cc(C)ccc1OC(F)F. The summed E-state index contributed by atoms with van der Waals surface area (Å²) in [5, 5.41) is 7.61. The zero-order valence-electron chi connectivity index (χ0n) is 15.9. The molecule has 3 aromatic rings. The van der Waals surface area contributed by atoms with E-state index < -0.39 is 6.61 Å². The maximum Gasteiger partial charge on any atom is 0.387 e. The minimum absolute atomic E-state index is 0.169. The molecule has 0 aliphatic heterocycles. The molecule has 0 amide bonds. The van der Waals surface area contributed by atoms with E-state index in [2.05, 4.69) is 31.4 Å². The topological polar surface area (TPSA) is 61.4 Å². The van der Waals surface area contributed by atoms with Gasteiger partial charge in [0.25, 0.3) is 0 Å². The van der Waals surface area contributed by atoms with Gasteiger partial charge in [0.05, 0.1) is 0 Å². The molecule has 3 N–H and O–H groups in total. The van der Waals surface area contributed by atoms with Crippen LogP contribution in [0.2, 0.25) is 0 Å². The summed E-state index contributed by atoms with van der Waals surface area (Å²) in [6, 6.07) is 13.3. The summed E-state index contributed by atoms with van der Waals surface area (Å²) in [6.45, 7) is 0.0749. The third kappa shape index (κ3) is 5.00. The number of nitrogens with one attached hydrogen (secondary N) is 3. The molecule has 148 valence electrons. The Morgan fingerprint density at radius 2 is 1.96 bits per heavy atom. The lowest BCUT2D eigenvalue weighted by Gasteiger charge is -2.15. The Labute approximate surface area is 162 Å². The lowest BCUT2D eigenvalue weighted by Crippen LogP contribution is -2.38. The molecule has 0 spiro atoms. The van der Waals surface area contributed by atoms with E-state index in [1.54, 1.807) is 19.2 Å². The molecular weight excluding hydrogens is 362 g/mol. The Morgan fingerprint density at radius 1 is 1.14 bits per heavy atom. The number of hydrogen-bond donors (Lipinski definition) is 3. The molecule has 0 unspecified atom stereocenters. The van der Waals surface area contributed by atoms with Crippen molar-refractivity contribution in [2.24, 2.45) is 4.99 Å². The molecule has 0 bridgehead atoms. The van der Waals surface area contributed by atoms with Crippen LogP contribution in [0.15, 0.2) is 53.7 Å². The monoisotopic (exact) mass is 386 g/mol. The van der Waals surface area contributed by atoms with Crippen LogP contribution in [0, 0.1) is 6.92 Å². The molecule has 2 aromatic carbocycles. The molecule has 0 fully saturated rings. The highest BCUT2D eigenvalue weighted by Gasteiger charge is 2.10. The molecule has 28 heavy (non-hydrogen) atoms. The number of aromatic amines is 1. The van der Waals surface area contributed by atoms with E-state index in [4.69, 9.17) is 0 Å². The standard InChI is InChI=1S/C21H24F2N4O/c1-14-7-8-19(28-20(22)23)16(11-14)13-27-21(24-2)25-10-9-15-12-26-18-6-4-3-5-17(15)18/h3-8,11-12,20,26H,9-10,13H2,1-2H3,(H2,24,25,27). The van der Waals surface area contributed by atoms with Crippen molar-refractivity contribution in [3.05, 3.63) is 65.4 Å². The van der Waals surface area contributed by atoms with Gasteiger partial charge in [-0.1, -0.05) is 35.9 Å². The van der Waals surface area contributed by atoms with Crippen molar-refractivity contribution in [1.82, 2.24) is 15.6 Å². The average Bonchev–Trinajstić information content (AvgIpc) is 3.09. The van der Waals surface area contributed by atoms with Crippen LogP contribution in [0.25, 0.3) is 10.9 Å². The van der Waals surface area contributed by atoms with Crippen molar-refractivity contribution in [3.8, 4) is 5.75 Å². The number of nitrogens with zero attached hydrogens (tertiary/aromatic N) is 1. The number of aliphatic imine (C=N–C) groups is 1. The first-order chi connectivity index (χ1) is 13.6. The van der Waals surface area contributed by atoms with E-state index in [-0.39, 0.29) is 5.75 Å². The van der Waals surface area contributed by atoms with E-state index in [1.165, 1.54) is 10.9 Å². The van der Waals surface area contributed by atoms with Crippen LogP contribution in [-0.4, -0.2) is 31.1 Å². The minimum atomic E-state index is -2.85. The summed E-state index contributed by atoms with van der Waals surface area (Å²) in [5.41, 5.74) is 3.97. The number of para-hydroxylation sites is 1. The van der Waals surface area contributed by atoms with Gasteiger partial charge in [-0.2, -0.15) is 8.78 Å². The lowest BCUT2D eigenvalue weighted by molar-refractivity contribution is -0.0504. The third-order valence-corrected chi connectivity index (χ3v) is 4.46. The van der Waals surface area contributed by atoms with Gasteiger partial charge in [-0.25, -0.2) is 0 Å². The second-order valence-electron chi connectivity index (χ2n) is 6.45. The van der Waals surface area contributed by atoms with E-state index in [0.29, 0.717) is 24.6 Å². The van der Waals surface area contributed by atoms with Gasteiger partial charge in [0.1, 0.15) is 5.75 Å². The number of aromatic nitrogens is 1. The first-order valence-corrected chi connectivity index (χ1v) is 9.10. The Kier molecular flexibility index (Phi) is 6.47. The predicted molar refractivity (Wildman–Crippen MR) is 108 cm³/mol. The average molecular weight is 386 g/mol. The number of ether oxygens (including phenoxy) is 1. The fourth-order valence-corrected chi connectivity index (χ4v) is 3.11. The molecule has 7 heteroatoms. The van der Waals surface area contributed by atoms with Gasteiger partial charge >= 0.3 is 6.61 Å². The highest BCUT2D eigenvalue weighted by molar-refractivity contribution is 5.83. The maximum atomic E-state index is 12.6. The molecule has 0 aliphatic carbocycles. The zero-order valence-corrected chi connectivity index (χ0v) is 15.9. The van der Waals surface area contributed by atoms with Crippen LogP contribution in [-0.2, 0) is 13.0 Å². The van der Waals surface area contributed by atoms with Gasteiger partial charge in [-0.3, -0.25) is 4.99 Å². The van der Waals surface area contributed by atoms with Crippen molar-refractivity contribution in [2.45, 2.75) is 26.5 Å². The summed E-state index contributed by atoms with van der Waals surface area (Å²) in [5.74, 6) is 0.770. The van der Waals surface area contributed by atoms with Crippen LogP contribution in [0.4, 0.5) is 8.78 Å². The van der Waals surface area contributed by atoms with E-state index in [1.807, 2.05) is 37.4 Å². The molecule has 5 nitrogen and oxygen atoms in total. The van der Waals surface area contributed by atoms with E-state index in [0.717, 1.165) is 17.5 Å². The number of rotatable bonds is 7. The van der Waals surface area contributed by atoms with Crippen molar-refractivity contribution in [2.75, 3.05) is 13.6 Å². The molecule has 0 saturated heterocycles. The molecule has 3 rings (SSSR count). The number of aryl methyl sites for hydroxylation is 1. The van der Waals surface area contributed by atoms with Crippen LogP contribution in [0.3, 0.4) is 0 Å². The highest BCUT2D eigenvalue weighted by Crippen LogP contribution is 2.22. The van der Waals surface area contributed by atoms with Crippen molar-refractivity contribution >= 4 is 16.9 Å². The minimum Gasteiger partial charge on any atom is -0.434 e. The number of H-pyrrole nitrogens is 1. The van der Waals surface area contributed by atoms with E-state index in [9.17, 15) is 8.78 Å².